The summed E-state index contributed by atoms with van der Waals surface area (Å²) in [5.41, 5.74) is 1.88. The summed E-state index contributed by atoms with van der Waals surface area (Å²) in [6.45, 7) is 0. The van der Waals surface area contributed by atoms with E-state index >= 15 is 0 Å². The minimum Gasteiger partial charge on any atom is -0.493 e. The number of aromatic amines is 1. The lowest BCUT2D eigenvalue weighted by Gasteiger charge is -2.13. The summed E-state index contributed by atoms with van der Waals surface area (Å²) in [5.74, 6) is 1.49. The fourth-order valence-corrected chi connectivity index (χ4v) is 2.92. The highest BCUT2D eigenvalue weighted by atomic mass is 32.1. The van der Waals surface area contributed by atoms with Crippen LogP contribution in [0.15, 0.2) is 41.5 Å². The number of nitrogens with one attached hydrogen (secondary N) is 1. The zero-order chi connectivity index (χ0) is 21.7. The SMILES string of the molecule is COC(=O)c1ccc(/C=N\n2c(-c3cc(OC)c(OC)c(OC)c3)n[nH]c2=S)cc1. The van der Waals surface area contributed by atoms with Crippen LogP contribution in [-0.4, -0.2) is 55.5 Å². The molecule has 1 heterocycles. The van der Waals surface area contributed by atoms with Gasteiger partial charge in [0.05, 0.1) is 40.2 Å². The topological polar surface area (TPSA) is 100.0 Å². The number of methoxy groups -OCH3 is 4. The normalized spacial score (nSPS) is 10.8. The Balaban J connectivity index is 1.99. The molecule has 0 amide bonds. The van der Waals surface area contributed by atoms with Crippen LogP contribution in [0.3, 0.4) is 0 Å². The summed E-state index contributed by atoms with van der Waals surface area (Å²) in [6, 6.07) is 10.3. The maximum absolute atomic E-state index is 11.6. The van der Waals surface area contributed by atoms with Gasteiger partial charge in [-0.05, 0) is 42.0 Å². The summed E-state index contributed by atoms with van der Waals surface area (Å²) in [6.07, 6.45) is 1.61. The average Bonchev–Trinajstić information content (AvgIpc) is 3.16. The van der Waals surface area contributed by atoms with Crippen molar-refractivity contribution in [3.63, 3.8) is 0 Å². The van der Waals surface area contributed by atoms with Crippen LogP contribution < -0.4 is 14.2 Å². The Kier molecular flexibility index (Phi) is 6.48. The fraction of sp³-hybridized carbons (Fsp3) is 0.200. The van der Waals surface area contributed by atoms with E-state index in [1.54, 1.807) is 42.6 Å². The second-order valence-electron chi connectivity index (χ2n) is 5.94. The Labute approximate surface area is 177 Å². The molecule has 1 N–H and O–H groups in total. The van der Waals surface area contributed by atoms with Crippen molar-refractivity contribution in [3.05, 3.63) is 52.3 Å². The molecular weight excluding hydrogens is 408 g/mol. The monoisotopic (exact) mass is 428 g/mol. The zero-order valence-electron chi connectivity index (χ0n) is 16.8. The van der Waals surface area contributed by atoms with E-state index in [2.05, 4.69) is 15.3 Å². The van der Waals surface area contributed by atoms with Crippen molar-refractivity contribution in [2.45, 2.75) is 0 Å². The van der Waals surface area contributed by atoms with Crippen LogP contribution >= 0.6 is 12.2 Å². The number of esters is 1. The molecule has 0 spiro atoms. The molecule has 3 aromatic rings. The number of hydrogen-bond donors (Lipinski definition) is 1. The van der Waals surface area contributed by atoms with Gasteiger partial charge in [0.1, 0.15) is 0 Å². The molecule has 0 saturated carbocycles. The van der Waals surface area contributed by atoms with Gasteiger partial charge in [0, 0.05) is 5.56 Å². The van der Waals surface area contributed by atoms with E-state index in [1.807, 2.05) is 0 Å². The van der Waals surface area contributed by atoms with E-state index in [0.717, 1.165) is 5.56 Å². The molecule has 0 bridgehead atoms. The van der Waals surface area contributed by atoms with Gasteiger partial charge in [-0.3, -0.25) is 0 Å². The average molecular weight is 428 g/mol. The molecule has 0 aliphatic rings. The summed E-state index contributed by atoms with van der Waals surface area (Å²) in [5, 5.41) is 11.4. The smallest absolute Gasteiger partial charge is 0.337 e. The van der Waals surface area contributed by atoms with Crippen LogP contribution in [0.4, 0.5) is 0 Å². The molecule has 0 unspecified atom stereocenters. The molecule has 30 heavy (non-hydrogen) atoms. The van der Waals surface area contributed by atoms with Gasteiger partial charge in [-0.15, -0.1) is 0 Å². The lowest BCUT2D eigenvalue weighted by Crippen LogP contribution is -2.01. The van der Waals surface area contributed by atoms with Gasteiger partial charge in [0.15, 0.2) is 17.3 Å². The van der Waals surface area contributed by atoms with Crippen molar-refractivity contribution < 1.29 is 23.7 Å². The van der Waals surface area contributed by atoms with Crippen LogP contribution in [0.2, 0.25) is 0 Å². The van der Waals surface area contributed by atoms with Crippen molar-refractivity contribution in [1.29, 1.82) is 0 Å². The van der Waals surface area contributed by atoms with Crippen molar-refractivity contribution in [1.82, 2.24) is 14.9 Å². The van der Waals surface area contributed by atoms with Crippen molar-refractivity contribution in [3.8, 4) is 28.6 Å². The first-order valence-electron chi connectivity index (χ1n) is 8.73. The molecule has 9 nitrogen and oxygen atoms in total. The third kappa shape index (κ3) is 4.18. The minimum atomic E-state index is -0.403. The van der Waals surface area contributed by atoms with E-state index in [0.29, 0.717) is 39.0 Å². The lowest BCUT2D eigenvalue weighted by atomic mass is 10.1. The second kappa shape index (κ2) is 9.23. The number of rotatable bonds is 7. The molecule has 0 atom stereocenters. The van der Waals surface area contributed by atoms with Gasteiger partial charge >= 0.3 is 5.97 Å². The number of benzene rings is 2. The summed E-state index contributed by atoms with van der Waals surface area (Å²) in [4.78, 5) is 11.6. The van der Waals surface area contributed by atoms with E-state index in [9.17, 15) is 4.79 Å². The highest BCUT2D eigenvalue weighted by Crippen LogP contribution is 2.40. The number of ether oxygens (including phenoxy) is 4. The molecule has 0 radical (unpaired) electrons. The Morgan fingerprint density at radius 1 is 1.07 bits per heavy atom. The number of hydrogen-bond acceptors (Lipinski definition) is 8. The first-order chi connectivity index (χ1) is 14.5. The van der Waals surface area contributed by atoms with Crippen LogP contribution in [0.25, 0.3) is 11.4 Å². The summed E-state index contributed by atoms with van der Waals surface area (Å²) >= 11 is 5.31. The van der Waals surface area contributed by atoms with Crippen LogP contribution in [0.5, 0.6) is 17.2 Å². The standard InChI is InChI=1S/C20H20N4O5S/c1-26-15-9-14(10-16(27-2)17(15)28-3)18-22-23-20(30)24(18)21-11-12-5-7-13(8-6-12)19(25)29-4/h5-11H,1-4H3,(H,23,30)/b21-11-. The Bertz CT molecular complexity index is 1110. The van der Waals surface area contributed by atoms with Gasteiger partial charge in [0.25, 0.3) is 0 Å². The van der Waals surface area contributed by atoms with E-state index in [-0.39, 0.29) is 0 Å². The van der Waals surface area contributed by atoms with Crippen LogP contribution in [-0.2, 0) is 4.74 Å². The molecule has 10 heteroatoms. The lowest BCUT2D eigenvalue weighted by molar-refractivity contribution is 0.0600. The van der Waals surface area contributed by atoms with Crippen LogP contribution in [0.1, 0.15) is 15.9 Å². The molecule has 0 saturated heterocycles. The quantitative estimate of drug-likeness (QED) is 0.350. The maximum atomic E-state index is 11.6. The number of H-pyrrole nitrogens is 1. The molecule has 0 aliphatic carbocycles. The Hall–Kier alpha value is -3.66. The van der Waals surface area contributed by atoms with Gasteiger partial charge in [-0.2, -0.15) is 14.9 Å². The second-order valence-corrected chi connectivity index (χ2v) is 6.32. The minimum absolute atomic E-state index is 0.307. The van der Waals surface area contributed by atoms with Gasteiger partial charge in [0.2, 0.25) is 10.5 Å². The number of nitrogens with zero attached hydrogens (tertiary/aromatic N) is 3. The van der Waals surface area contributed by atoms with Crippen LogP contribution in [0, 0.1) is 4.77 Å². The van der Waals surface area contributed by atoms with Crippen molar-refractivity contribution >= 4 is 24.4 Å². The largest absolute Gasteiger partial charge is 0.493 e. The molecule has 1 aromatic heterocycles. The van der Waals surface area contributed by atoms with E-state index in [1.165, 1.54) is 33.1 Å². The Morgan fingerprint density at radius 3 is 2.23 bits per heavy atom. The van der Waals surface area contributed by atoms with Gasteiger partial charge in [-0.25, -0.2) is 9.89 Å². The van der Waals surface area contributed by atoms with Crippen molar-refractivity contribution in [2.24, 2.45) is 5.10 Å². The first kappa shape index (κ1) is 21.1. The predicted molar refractivity (Wildman–Crippen MR) is 113 cm³/mol. The van der Waals surface area contributed by atoms with E-state index < -0.39 is 5.97 Å². The van der Waals surface area contributed by atoms with Crippen molar-refractivity contribution in [2.75, 3.05) is 28.4 Å². The number of carbonyl (C=O) groups is 1. The van der Waals surface area contributed by atoms with Gasteiger partial charge in [-0.1, -0.05) is 12.1 Å². The zero-order valence-corrected chi connectivity index (χ0v) is 17.6. The third-order valence-corrected chi connectivity index (χ3v) is 4.49. The molecule has 0 aliphatic heterocycles. The van der Waals surface area contributed by atoms with Gasteiger partial charge < -0.3 is 18.9 Å². The fourth-order valence-electron chi connectivity index (χ4n) is 2.74. The predicted octanol–water partition coefficient (Wildman–Crippen LogP) is 3.30. The highest BCUT2D eigenvalue weighted by molar-refractivity contribution is 7.71. The first-order valence-corrected chi connectivity index (χ1v) is 9.13. The number of carbonyl (C=O) groups excluding carboxylic acids is 1. The third-order valence-electron chi connectivity index (χ3n) is 4.23. The van der Waals surface area contributed by atoms with E-state index in [4.69, 9.17) is 31.2 Å². The molecule has 2 aromatic carbocycles. The Morgan fingerprint density at radius 2 is 1.70 bits per heavy atom. The maximum Gasteiger partial charge on any atom is 0.337 e. The number of aromatic nitrogens is 3. The highest BCUT2D eigenvalue weighted by Gasteiger charge is 2.17. The molecular formula is C20H20N4O5S. The molecule has 156 valence electrons. The molecule has 0 fully saturated rings. The molecule has 3 rings (SSSR count). The summed E-state index contributed by atoms with van der Waals surface area (Å²) < 4.78 is 22.6. The summed E-state index contributed by atoms with van der Waals surface area (Å²) in [7, 11) is 5.94.